The van der Waals surface area contributed by atoms with Crippen molar-refractivity contribution in [2.45, 2.75) is 19.9 Å². The molecule has 2 aromatic rings. The van der Waals surface area contributed by atoms with Crippen molar-refractivity contribution in [1.82, 2.24) is 9.29 Å². The number of fused-ring (bicyclic) bond motifs is 1. The first-order chi connectivity index (χ1) is 11.4. The minimum absolute atomic E-state index is 0.0598. The van der Waals surface area contributed by atoms with Crippen molar-refractivity contribution in [1.29, 1.82) is 0 Å². The third kappa shape index (κ3) is 3.47. The summed E-state index contributed by atoms with van der Waals surface area (Å²) in [6.07, 6.45) is 0.515. The van der Waals surface area contributed by atoms with E-state index in [9.17, 15) is 17.6 Å². The molecule has 0 saturated heterocycles. The molecular formula is C15H16FN3O3S2. The summed E-state index contributed by atoms with van der Waals surface area (Å²) in [5.74, 6) is -0.871. The van der Waals surface area contributed by atoms with Crippen LogP contribution in [0.15, 0.2) is 24.3 Å². The molecule has 0 aliphatic carbocycles. The monoisotopic (exact) mass is 369 g/mol. The van der Waals surface area contributed by atoms with E-state index >= 15 is 0 Å². The highest BCUT2D eigenvalue weighted by Gasteiger charge is 2.28. The molecule has 1 amide bonds. The van der Waals surface area contributed by atoms with Crippen LogP contribution < -0.4 is 5.32 Å². The predicted octanol–water partition coefficient (Wildman–Crippen LogP) is 2.24. The number of carbonyl (C=O) groups is 1. The Hall–Kier alpha value is -1.84. The summed E-state index contributed by atoms with van der Waals surface area (Å²) in [6, 6.07) is 5.39. The number of benzene rings is 1. The van der Waals surface area contributed by atoms with Gasteiger partial charge in [0.15, 0.2) is 5.13 Å². The Morgan fingerprint density at radius 1 is 1.46 bits per heavy atom. The van der Waals surface area contributed by atoms with Gasteiger partial charge in [-0.25, -0.2) is 17.8 Å². The number of amides is 1. The summed E-state index contributed by atoms with van der Waals surface area (Å²) in [5.41, 5.74) is 1.01. The maximum absolute atomic E-state index is 13.2. The number of carbonyl (C=O) groups excluding carboxylic acids is 1. The lowest BCUT2D eigenvalue weighted by atomic mass is 10.2. The lowest BCUT2D eigenvalue weighted by molar-refractivity contribution is 0.102. The Bertz CT molecular complexity index is 880. The van der Waals surface area contributed by atoms with Crippen LogP contribution in [0.3, 0.4) is 0 Å². The van der Waals surface area contributed by atoms with Gasteiger partial charge in [-0.1, -0.05) is 6.07 Å². The van der Waals surface area contributed by atoms with Gasteiger partial charge < -0.3 is 0 Å². The van der Waals surface area contributed by atoms with E-state index < -0.39 is 21.7 Å². The zero-order chi connectivity index (χ0) is 17.3. The minimum atomic E-state index is -3.24. The van der Waals surface area contributed by atoms with Crippen LogP contribution in [-0.2, 0) is 23.0 Å². The van der Waals surface area contributed by atoms with Crippen LogP contribution in [0.5, 0.6) is 0 Å². The number of hydrogen-bond acceptors (Lipinski definition) is 5. The molecule has 1 aromatic carbocycles. The number of thiazole rings is 1. The number of nitrogens with zero attached hydrogens (tertiary/aromatic N) is 2. The first-order valence-electron chi connectivity index (χ1n) is 7.42. The predicted molar refractivity (Wildman–Crippen MR) is 90.0 cm³/mol. The van der Waals surface area contributed by atoms with E-state index in [2.05, 4.69) is 10.3 Å². The van der Waals surface area contributed by atoms with Crippen molar-refractivity contribution in [3.05, 3.63) is 46.2 Å². The van der Waals surface area contributed by atoms with Gasteiger partial charge in [0.05, 0.1) is 11.4 Å². The largest absolute Gasteiger partial charge is 0.298 e. The van der Waals surface area contributed by atoms with Gasteiger partial charge in [0.25, 0.3) is 5.91 Å². The number of aromatic nitrogens is 1. The van der Waals surface area contributed by atoms with Gasteiger partial charge in [-0.05, 0) is 25.1 Å². The van der Waals surface area contributed by atoms with Crippen LogP contribution in [-0.4, -0.2) is 35.9 Å². The Morgan fingerprint density at radius 2 is 2.25 bits per heavy atom. The van der Waals surface area contributed by atoms with Gasteiger partial charge in [0, 0.05) is 30.0 Å². The summed E-state index contributed by atoms with van der Waals surface area (Å²) < 4.78 is 38.6. The molecule has 1 aliphatic heterocycles. The molecule has 0 saturated carbocycles. The second-order valence-corrected chi connectivity index (χ2v) is 8.68. The van der Waals surface area contributed by atoms with Crippen molar-refractivity contribution in [2.75, 3.05) is 17.6 Å². The van der Waals surface area contributed by atoms with Crippen molar-refractivity contribution < 1.29 is 17.6 Å². The zero-order valence-electron chi connectivity index (χ0n) is 13.0. The standard InChI is InChI=1S/C15H16FN3O3S2/c1-2-24(21,22)19-7-6-12-13(9-19)23-15(17-12)18-14(20)10-4-3-5-11(16)8-10/h3-5,8H,2,6-7,9H2,1H3,(H,17,18,20). The van der Waals surface area contributed by atoms with Gasteiger partial charge in [0.1, 0.15) is 5.82 Å². The van der Waals surface area contributed by atoms with Crippen LogP contribution in [0.4, 0.5) is 9.52 Å². The number of anilines is 1. The lowest BCUT2D eigenvalue weighted by Gasteiger charge is -2.24. The highest BCUT2D eigenvalue weighted by molar-refractivity contribution is 7.89. The second-order valence-electron chi connectivity index (χ2n) is 5.34. The summed E-state index contributed by atoms with van der Waals surface area (Å²) in [4.78, 5) is 17.3. The summed E-state index contributed by atoms with van der Waals surface area (Å²) in [7, 11) is -3.24. The molecule has 1 aromatic heterocycles. The molecule has 3 rings (SSSR count). The van der Waals surface area contributed by atoms with Crippen LogP contribution >= 0.6 is 11.3 Å². The fourth-order valence-corrected chi connectivity index (χ4v) is 4.61. The van der Waals surface area contributed by atoms with E-state index in [-0.39, 0.29) is 17.9 Å². The molecule has 9 heteroatoms. The van der Waals surface area contributed by atoms with E-state index in [0.29, 0.717) is 18.1 Å². The zero-order valence-corrected chi connectivity index (χ0v) is 14.6. The SMILES string of the molecule is CCS(=O)(=O)N1CCc2nc(NC(=O)c3cccc(F)c3)sc2C1. The quantitative estimate of drug-likeness (QED) is 0.896. The Balaban J connectivity index is 1.75. The van der Waals surface area contributed by atoms with Crippen molar-refractivity contribution in [3.63, 3.8) is 0 Å². The topological polar surface area (TPSA) is 79.4 Å². The van der Waals surface area contributed by atoms with E-state index in [1.54, 1.807) is 6.92 Å². The number of sulfonamides is 1. The van der Waals surface area contributed by atoms with Gasteiger partial charge in [-0.3, -0.25) is 10.1 Å². The van der Waals surface area contributed by atoms with Crippen LogP contribution in [0.25, 0.3) is 0 Å². The molecule has 0 fully saturated rings. The van der Waals surface area contributed by atoms with E-state index in [0.717, 1.165) is 16.6 Å². The maximum Gasteiger partial charge on any atom is 0.257 e. The van der Waals surface area contributed by atoms with Crippen LogP contribution in [0.1, 0.15) is 27.9 Å². The highest BCUT2D eigenvalue weighted by atomic mass is 32.2. The normalized spacial score (nSPS) is 15.1. The fourth-order valence-electron chi connectivity index (χ4n) is 2.44. The average Bonchev–Trinajstić information content (AvgIpc) is 2.96. The van der Waals surface area contributed by atoms with E-state index in [1.807, 2.05) is 0 Å². The van der Waals surface area contributed by atoms with Gasteiger partial charge >= 0.3 is 0 Å². The number of nitrogens with one attached hydrogen (secondary N) is 1. The molecule has 1 N–H and O–H groups in total. The molecule has 0 atom stereocenters. The van der Waals surface area contributed by atoms with E-state index in [4.69, 9.17) is 0 Å². The number of halogens is 1. The Labute approximate surface area is 143 Å². The molecular weight excluding hydrogens is 353 g/mol. The summed E-state index contributed by atoms with van der Waals surface area (Å²) >= 11 is 1.25. The number of rotatable bonds is 4. The van der Waals surface area contributed by atoms with Crippen molar-refractivity contribution in [2.24, 2.45) is 0 Å². The fraction of sp³-hybridized carbons (Fsp3) is 0.333. The van der Waals surface area contributed by atoms with Crippen LogP contribution in [0, 0.1) is 5.82 Å². The number of hydrogen-bond donors (Lipinski definition) is 1. The molecule has 1 aliphatic rings. The van der Waals surface area contributed by atoms with Gasteiger partial charge in [-0.2, -0.15) is 4.31 Å². The molecule has 6 nitrogen and oxygen atoms in total. The third-order valence-electron chi connectivity index (χ3n) is 3.76. The molecule has 128 valence electrons. The molecule has 24 heavy (non-hydrogen) atoms. The molecule has 0 spiro atoms. The molecule has 0 bridgehead atoms. The van der Waals surface area contributed by atoms with E-state index in [1.165, 1.54) is 33.8 Å². The average molecular weight is 369 g/mol. The minimum Gasteiger partial charge on any atom is -0.298 e. The smallest absolute Gasteiger partial charge is 0.257 e. The summed E-state index contributed by atoms with van der Waals surface area (Å²) in [6.45, 7) is 2.28. The van der Waals surface area contributed by atoms with Gasteiger partial charge in [-0.15, -0.1) is 11.3 Å². The Morgan fingerprint density at radius 3 is 2.96 bits per heavy atom. The first-order valence-corrected chi connectivity index (χ1v) is 9.85. The Kier molecular flexibility index (Phi) is 4.66. The third-order valence-corrected chi connectivity index (χ3v) is 6.59. The van der Waals surface area contributed by atoms with Crippen LogP contribution in [0.2, 0.25) is 0 Å². The highest BCUT2D eigenvalue weighted by Crippen LogP contribution is 2.29. The molecule has 0 radical (unpaired) electrons. The maximum atomic E-state index is 13.2. The second kappa shape index (κ2) is 6.58. The van der Waals surface area contributed by atoms with Crippen molar-refractivity contribution in [3.8, 4) is 0 Å². The van der Waals surface area contributed by atoms with Crippen molar-refractivity contribution >= 4 is 32.4 Å². The lowest BCUT2D eigenvalue weighted by Crippen LogP contribution is -2.36. The molecule has 0 unspecified atom stereocenters. The molecule has 2 heterocycles. The van der Waals surface area contributed by atoms with Gasteiger partial charge in [0.2, 0.25) is 10.0 Å². The summed E-state index contributed by atoms with van der Waals surface area (Å²) in [5, 5.41) is 3.04. The first kappa shape index (κ1) is 17.0.